The Hall–Kier alpha value is -2.39. The fourth-order valence-corrected chi connectivity index (χ4v) is 1.57. The van der Waals surface area contributed by atoms with Crippen LogP contribution in [0.15, 0.2) is 30.7 Å². The second kappa shape index (κ2) is 5.98. The van der Waals surface area contributed by atoms with E-state index in [9.17, 15) is 8.78 Å². The van der Waals surface area contributed by atoms with Gasteiger partial charge in [-0.1, -0.05) is 0 Å². The van der Waals surface area contributed by atoms with Crippen LogP contribution >= 0.6 is 0 Å². The molecule has 0 spiro atoms. The van der Waals surface area contributed by atoms with Gasteiger partial charge in [-0.15, -0.1) is 0 Å². The van der Waals surface area contributed by atoms with Gasteiger partial charge in [-0.3, -0.25) is 0 Å². The largest absolute Gasteiger partial charge is 0.307 e. The molecule has 1 heterocycles. The lowest BCUT2D eigenvalue weighted by molar-refractivity contribution is 0.533. The summed E-state index contributed by atoms with van der Waals surface area (Å²) in [4.78, 5) is 7.75. The summed E-state index contributed by atoms with van der Waals surface area (Å²) in [6, 6.07) is 5.44. The lowest BCUT2D eigenvalue weighted by atomic mass is 10.1. The molecule has 0 atom stereocenters. The van der Waals surface area contributed by atoms with Crippen LogP contribution in [0.3, 0.4) is 0 Å². The van der Waals surface area contributed by atoms with E-state index in [1.165, 1.54) is 6.33 Å². The van der Waals surface area contributed by atoms with Crippen molar-refractivity contribution in [1.29, 1.82) is 5.26 Å². The molecule has 0 bridgehead atoms. The summed E-state index contributed by atoms with van der Waals surface area (Å²) < 4.78 is 27.1. The normalized spacial score (nSPS) is 10.2. The summed E-state index contributed by atoms with van der Waals surface area (Å²) in [5, 5.41) is 11.5. The molecule has 1 aromatic carbocycles. The first kappa shape index (κ1) is 13.1. The van der Waals surface area contributed by atoms with Crippen LogP contribution in [-0.2, 0) is 13.1 Å². The maximum absolute atomic E-state index is 13.6. The Morgan fingerprint density at radius 2 is 1.95 bits per heavy atom. The fourth-order valence-electron chi connectivity index (χ4n) is 1.57. The van der Waals surface area contributed by atoms with Crippen molar-refractivity contribution in [2.45, 2.75) is 13.1 Å². The highest BCUT2D eigenvalue weighted by Gasteiger charge is 2.10. The van der Waals surface area contributed by atoms with Gasteiger partial charge in [0.25, 0.3) is 0 Å². The maximum atomic E-state index is 13.6. The minimum atomic E-state index is -0.730. The number of benzene rings is 1. The van der Waals surface area contributed by atoms with Crippen molar-refractivity contribution in [2.24, 2.45) is 0 Å². The van der Waals surface area contributed by atoms with Gasteiger partial charge in [0, 0.05) is 24.8 Å². The molecule has 0 radical (unpaired) electrons. The molecular formula is C13H10F2N4. The van der Waals surface area contributed by atoms with Crippen molar-refractivity contribution in [3.8, 4) is 6.07 Å². The highest BCUT2D eigenvalue weighted by atomic mass is 19.1. The van der Waals surface area contributed by atoms with Gasteiger partial charge in [0.1, 0.15) is 18.0 Å². The fraction of sp³-hybridized carbons (Fsp3) is 0.154. The first-order valence-corrected chi connectivity index (χ1v) is 5.54. The summed E-state index contributed by atoms with van der Waals surface area (Å²) in [7, 11) is 0. The molecule has 1 aromatic heterocycles. The predicted octanol–water partition coefficient (Wildman–Crippen LogP) is 1.92. The van der Waals surface area contributed by atoms with Crippen molar-refractivity contribution in [2.75, 3.05) is 0 Å². The standard InChI is InChI=1S/C13H10F2N4/c14-12-3-9(5-16)4-13(15)11(12)7-18-6-10-1-2-17-8-19-10/h1-4,8,18H,6-7H2. The number of nitrogens with one attached hydrogen (secondary N) is 1. The third kappa shape index (κ3) is 3.30. The first-order valence-electron chi connectivity index (χ1n) is 5.54. The van der Waals surface area contributed by atoms with Crippen LogP contribution in [0.2, 0.25) is 0 Å². The average molecular weight is 260 g/mol. The summed E-state index contributed by atoms with van der Waals surface area (Å²) in [6.07, 6.45) is 2.99. The van der Waals surface area contributed by atoms with Gasteiger partial charge in [0.15, 0.2) is 0 Å². The third-order valence-corrected chi connectivity index (χ3v) is 2.52. The van der Waals surface area contributed by atoms with Crippen LogP contribution in [0, 0.1) is 23.0 Å². The van der Waals surface area contributed by atoms with Crippen molar-refractivity contribution in [3.05, 3.63) is 59.2 Å². The molecule has 0 aliphatic rings. The highest BCUT2D eigenvalue weighted by molar-refractivity contribution is 5.34. The molecular weight excluding hydrogens is 250 g/mol. The second-order valence-electron chi connectivity index (χ2n) is 3.83. The van der Waals surface area contributed by atoms with E-state index in [-0.39, 0.29) is 17.7 Å². The molecule has 0 aliphatic heterocycles. The molecule has 1 N–H and O–H groups in total. The van der Waals surface area contributed by atoms with Gasteiger partial charge in [-0.25, -0.2) is 18.7 Å². The Kier molecular flexibility index (Phi) is 4.11. The highest BCUT2D eigenvalue weighted by Crippen LogP contribution is 2.15. The van der Waals surface area contributed by atoms with Crippen LogP contribution in [-0.4, -0.2) is 9.97 Å². The van der Waals surface area contributed by atoms with Gasteiger partial charge >= 0.3 is 0 Å². The minimum absolute atomic E-state index is 0.0212. The van der Waals surface area contributed by atoms with E-state index < -0.39 is 11.6 Å². The lowest BCUT2D eigenvalue weighted by Crippen LogP contribution is -2.16. The predicted molar refractivity (Wildman–Crippen MR) is 63.6 cm³/mol. The van der Waals surface area contributed by atoms with Crippen LogP contribution in [0.4, 0.5) is 8.78 Å². The molecule has 4 nitrogen and oxygen atoms in total. The SMILES string of the molecule is N#Cc1cc(F)c(CNCc2ccncn2)c(F)c1. The summed E-state index contributed by atoms with van der Waals surface area (Å²) in [5.74, 6) is -1.46. The van der Waals surface area contributed by atoms with Gasteiger partial charge < -0.3 is 5.32 Å². The molecule has 96 valence electrons. The van der Waals surface area contributed by atoms with E-state index in [1.807, 2.05) is 0 Å². The summed E-state index contributed by atoms with van der Waals surface area (Å²) in [6.45, 7) is 0.398. The quantitative estimate of drug-likeness (QED) is 0.912. The maximum Gasteiger partial charge on any atom is 0.131 e. The van der Waals surface area contributed by atoms with E-state index in [1.54, 1.807) is 18.3 Å². The molecule has 2 rings (SSSR count). The van der Waals surface area contributed by atoms with Crippen LogP contribution < -0.4 is 5.32 Å². The van der Waals surface area contributed by atoms with Crippen molar-refractivity contribution < 1.29 is 8.78 Å². The van der Waals surface area contributed by atoms with E-state index in [0.717, 1.165) is 17.8 Å². The topological polar surface area (TPSA) is 61.6 Å². The van der Waals surface area contributed by atoms with E-state index in [4.69, 9.17) is 5.26 Å². The Morgan fingerprint density at radius 3 is 2.53 bits per heavy atom. The Balaban J connectivity index is 2.02. The molecule has 0 saturated carbocycles. The van der Waals surface area contributed by atoms with Crippen molar-refractivity contribution in [3.63, 3.8) is 0 Å². The van der Waals surface area contributed by atoms with Gasteiger partial charge in [0.05, 0.1) is 17.3 Å². The molecule has 0 aliphatic carbocycles. The molecule has 0 unspecified atom stereocenters. The molecule has 2 aromatic rings. The number of nitrogens with zero attached hydrogens (tertiary/aromatic N) is 3. The molecule has 0 saturated heterocycles. The Morgan fingerprint density at radius 1 is 1.21 bits per heavy atom. The second-order valence-corrected chi connectivity index (χ2v) is 3.83. The number of hydrogen-bond acceptors (Lipinski definition) is 4. The van der Waals surface area contributed by atoms with Gasteiger partial charge in [-0.2, -0.15) is 5.26 Å². The zero-order chi connectivity index (χ0) is 13.7. The summed E-state index contributed by atoms with van der Waals surface area (Å²) in [5.41, 5.74) is 0.604. The van der Waals surface area contributed by atoms with Crippen molar-refractivity contribution in [1.82, 2.24) is 15.3 Å². The monoisotopic (exact) mass is 260 g/mol. The number of hydrogen-bond donors (Lipinski definition) is 1. The third-order valence-electron chi connectivity index (χ3n) is 2.52. The van der Waals surface area contributed by atoms with Crippen LogP contribution in [0.25, 0.3) is 0 Å². The van der Waals surface area contributed by atoms with Gasteiger partial charge in [0.2, 0.25) is 0 Å². The minimum Gasteiger partial charge on any atom is -0.307 e. The molecule has 0 fully saturated rings. The zero-order valence-corrected chi connectivity index (χ0v) is 9.90. The average Bonchev–Trinajstić information content (AvgIpc) is 2.42. The van der Waals surface area contributed by atoms with E-state index in [0.29, 0.717) is 6.54 Å². The smallest absolute Gasteiger partial charge is 0.131 e. The van der Waals surface area contributed by atoms with Crippen LogP contribution in [0.5, 0.6) is 0 Å². The number of nitriles is 1. The molecule has 6 heteroatoms. The number of halogens is 2. The zero-order valence-electron chi connectivity index (χ0n) is 9.90. The lowest BCUT2D eigenvalue weighted by Gasteiger charge is -2.07. The number of rotatable bonds is 4. The first-order chi connectivity index (χ1) is 9.20. The Labute approximate surface area is 108 Å². The Bertz CT molecular complexity index is 585. The van der Waals surface area contributed by atoms with E-state index in [2.05, 4.69) is 15.3 Å². The van der Waals surface area contributed by atoms with Gasteiger partial charge in [-0.05, 0) is 18.2 Å². The number of aromatic nitrogens is 2. The molecule has 0 amide bonds. The summed E-state index contributed by atoms with van der Waals surface area (Å²) >= 11 is 0. The molecule has 19 heavy (non-hydrogen) atoms. The van der Waals surface area contributed by atoms with Crippen molar-refractivity contribution >= 4 is 0 Å². The van der Waals surface area contributed by atoms with Crippen LogP contribution in [0.1, 0.15) is 16.8 Å². The van der Waals surface area contributed by atoms with E-state index >= 15 is 0 Å².